The smallest absolute Gasteiger partial charge is 0.261 e. The van der Waals surface area contributed by atoms with Crippen LogP contribution in [-0.4, -0.2) is 59.7 Å². The van der Waals surface area contributed by atoms with Gasteiger partial charge in [-0.2, -0.15) is 0 Å². The lowest BCUT2D eigenvalue weighted by Crippen LogP contribution is -2.48. The number of carbonyl (C=O) groups excluding carboxylic acids is 1. The van der Waals surface area contributed by atoms with E-state index in [0.29, 0.717) is 12.5 Å². The van der Waals surface area contributed by atoms with Crippen molar-refractivity contribution in [3.8, 4) is 0 Å². The first-order valence-electron chi connectivity index (χ1n) is 9.21. The van der Waals surface area contributed by atoms with E-state index in [1.165, 1.54) is 11.3 Å². The normalized spacial score (nSPS) is 18.6. The lowest BCUT2D eigenvalue weighted by atomic mass is 10.1. The third kappa shape index (κ3) is 4.22. The highest BCUT2D eigenvalue weighted by atomic mass is 32.1. The van der Waals surface area contributed by atoms with E-state index in [4.69, 9.17) is 4.74 Å². The number of nitrogens with zero attached hydrogens (tertiary/aromatic N) is 3. The second-order valence-corrected chi connectivity index (χ2v) is 8.45. The summed E-state index contributed by atoms with van der Waals surface area (Å²) in [4.78, 5) is 25.6. The van der Waals surface area contributed by atoms with Gasteiger partial charge in [0.25, 0.3) is 5.91 Å². The van der Waals surface area contributed by atoms with E-state index in [1.54, 1.807) is 0 Å². The van der Waals surface area contributed by atoms with Crippen LogP contribution in [0.2, 0.25) is 0 Å². The Morgan fingerprint density at radius 2 is 2.12 bits per heavy atom. The Morgan fingerprint density at radius 3 is 2.85 bits per heavy atom. The van der Waals surface area contributed by atoms with E-state index in [1.807, 2.05) is 20.8 Å². The highest BCUT2D eigenvalue weighted by molar-refractivity contribution is 7.20. The van der Waals surface area contributed by atoms with Crippen LogP contribution < -0.4 is 5.32 Å². The summed E-state index contributed by atoms with van der Waals surface area (Å²) >= 11 is 1.44. The Morgan fingerprint density at radius 1 is 1.35 bits per heavy atom. The summed E-state index contributed by atoms with van der Waals surface area (Å²) < 4.78 is 5.82. The van der Waals surface area contributed by atoms with Crippen molar-refractivity contribution in [2.24, 2.45) is 5.92 Å². The van der Waals surface area contributed by atoms with Gasteiger partial charge < -0.3 is 10.1 Å². The highest BCUT2D eigenvalue weighted by Gasteiger charge is 2.23. The van der Waals surface area contributed by atoms with E-state index in [0.717, 1.165) is 58.4 Å². The zero-order chi connectivity index (χ0) is 18.8. The molecule has 0 saturated carbocycles. The number of thiophene rings is 1. The Balaban J connectivity index is 1.66. The molecule has 0 spiro atoms. The molecule has 0 aliphatic carbocycles. The summed E-state index contributed by atoms with van der Waals surface area (Å²) in [6.07, 6.45) is 0.0462. The van der Waals surface area contributed by atoms with Crippen LogP contribution >= 0.6 is 11.3 Å². The molecule has 2 aromatic heterocycles. The van der Waals surface area contributed by atoms with E-state index >= 15 is 0 Å². The fraction of sp³-hybridized carbons (Fsp3) is 0.632. The summed E-state index contributed by atoms with van der Waals surface area (Å²) in [6.45, 7) is 14.4. The molecule has 1 aliphatic heterocycles. The number of hydrogen-bond donors (Lipinski definition) is 1. The van der Waals surface area contributed by atoms with Gasteiger partial charge in [-0.1, -0.05) is 13.8 Å². The van der Waals surface area contributed by atoms with Crippen LogP contribution in [0, 0.1) is 26.7 Å². The molecule has 1 unspecified atom stereocenters. The first kappa shape index (κ1) is 19.2. The van der Waals surface area contributed by atoms with Gasteiger partial charge in [0, 0.05) is 37.3 Å². The molecule has 0 aromatic carbocycles. The number of nitrogens with one attached hydrogen (secondary N) is 1. The minimum atomic E-state index is -0.0489. The van der Waals surface area contributed by atoms with Crippen LogP contribution in [0.1, 0.15) is 40.6 Å². The second-order valence-electron chi connectivity index (χ2n) is 7.45. The van der Waals surface area contributed by atoms with Crippen molar-refractivity contribution in [2.75, 3.05) is 32.8 Å². The van der Waals surface area contributed by atoms with Gasteiger partial charge in [-0.15, -0.1) is 11.3 Å². The summed E-state index contributed by atoms with van der Waals surface area (Å²) in [7, 11) is 0. The summed E-state index contributed by atoms with van der Waals surface area (Å²) in [5.74, 6) is 1.33. The number of hydrogen-bond acceptors (Lipinski definition) is 6. The van der Waals surface area contributed by atoms with Crippen LogP contribution in [0.25, 0.3) is 10.2 Å². The molecule has 1 amide bonds. The van der Waals surface area contributed by atoms with Crippen molar-refractivity contribution in [3.63, 3.8) is 0 Å². The topological polar surface area (TPSA) is 67.4 Å². The third-order valence-electron chi connectivity index (χ3n) is 4.63. The number of carbonyl (C=O) groups is 1. The molecule has 1 aliphatic rings. The Bertz CT molecular complexity index is 802. The largest absolute Gasteiger partial charge is 0.374 e. The molecule has 26 heavy (non-hydrogen) atoms. The second kappa shape index (κ2) is 7.98. The zero-order valence-electron chi connectivity index (χ0n) is 16.3. The molecular weight excluding hydrogens is 348 g/mol. The number of ether oxygens (including phenoxy) is 1. The number of aromatic nitrogens is 2. The van der Waals surface area contributed by atoms with Gasteiger partial charge in [-0.25, -0.2) is 9.97 Å². The van der Waals surface area contributed by atoms with E-state index in [9.17, 15) is 4.79 Å². The molecule has 6 nitrogen and oxygen atoms in total. The molecule has 1 saturated heterocycles. The van der Waals surface area contributed by atoms with Crippen molar-refractivity contribution in [1.29, 1.82) is 0 Å². The van der Waals surface area contributed by atoms with Gasteiger partial charge in [-0.05, 0) is 32.3 Å². The third-order valence-corrected chi connectivity index (χ3v) is 5.81. The lowest BCUT2D eigenvalue weighted by Gasteiger charge is -2.33. The molecular formula is C19H28N4O2S. The first-order chi connectivity index (χ1) is 12.3. The minimum Gasteiger partial charge on any atom is -0.374 e. The van der Waals surface area contributed by atoms with Crippen molar-refractivity contribution in [3.05, 3.63) is 22.0 Å². The summed E-state index contributed by atoms with van der Waals surface area (Å²) in [6, 6.07) is 0. The average Bonchev–Trinajstić information content (AvgIpc) is 2.89. The monoisotopic (exact) mass is 376 g/mol. The van der Waals surface area contributed by atoms with Crippen molar-refractivity contribution in [2.45, 2.75) is 40.7 Å². The molecule has 1 fully saturated rings. The molecule has 0 bridgehead atoms. The maximum Gasteiger partial charge on any atom is 0.261 e. The van der Waals surface area contributed by atoms with Crippen LogP contribution in [0.15, 0.2) is 0 Å². The maximum atomic E-state index is 12.7. The maximum absolute atomic E-state index is 12.7. The summed E-state index contributed by atoms with van der Waals surface area (Å²) in [5.41, 5.74) is 1.89. The van der Waals surface area contributed by atoms with Gasteiger partial charge in [0.05, 0.1) is 17.6 Å². The average molecular weight is 377 g/mol. The van der Waals surface area contributed by atoms with Crippen molar-refractivity contribution < 1.29 is 9.53 Å². The SMILES string of the molecule is Cc1nc(C)c2c(C)c(C(=O)NCC3CN(CC(C)C)CCO3)sc2n1. The minimum absolute atomic E-state index is 0.0462. The van der Waals surface area contributed by atoms with Crippen LogP contribution in [0.3, 0.4) is 0 Å². The number of morpholine rings is 1. The predicted octanol–water partition coefficient (Wildman–Crippen LogP) is 2.70. The van der Waals surface area contributed by atoms with Gasteiger partial charge in [-0.3, -0.25) is 9.69 Å². The van der Waals surface area contributed by atoms with Crippen LogP contribution in [-0.2, 0) is 4.74 Å². The van der Waals surface area contributed by atoms with Gasteiger partial charge in [0.1, 0.15) is 10.7 Å². The number of rotatable bonds is 5. The Hall–Kier alpha value is -1.57. The number of fused-ring (bicyclic) bond motifs is 1. The van der Waals surface area contributed by atoms with Gasteiger partial charge in [0.2, 0.25) is 0 Å². The quantitative estimate of drug-likeness (QED) is 0.869. The molecule has 3 rings (SSSR count). The molecule has 1 N–H and O–H groups in total. The van der Waals surface area contributed by atoms with Crippen molar-refractivity contribution >= 4 is 27.5 Å². The number of aryl methyl sites for hydroxylation is 3. The first-order valence-corrected chi connectivity index (χ1v) is 10.0. The Labute approximate surface area is 159 Å². The van der Waals surface area contributed by atoms with Gasteiger partial charge >= 0.3 is 0 Å². The molecule has 142 valence electrons. The number of amides is 1. The van der Waals surface area contributed by atoms with E-state index in [-0.39, 0.29) is 12.0 Å². The zero-order valence-corrected chi connectivity index (χ0v) is 17.1. The van der Waals surface area contributed by atoms with E-state index < -0.39 is 0 Å². The molecule has 0 radical (unpaired) electrons. The standard InChI is InChI=1S/C19H28N4O2S/c1-11(2)9-23-6-7-25-15(10-23)8-20-18(24)17-12(3)16-13(4)21-14(5)22-19(16)26-17/h11,15H,6-10H2,1-5H3,(H,20,24). The van der Waals surface area contributed by atoms with Gasteiger partial charge in [0.15, 0.2) is 0 Å². The molecule has 7 heteroatoms. The van der Waals surface area contributed by atoms with Crippen molar-refractivity contribution in [1.82, 2.24) is 20.2 Å². The molecule has 3 heterocycles. The summed E-state index contributed by atoms with van der Waals surface area (Å²) in [5, 5.41) is 4.05. The predicted molar refractivity (Wildman–Crippen MR) is 105 cm³/mol. The van der Waals surface area contributed by atoms with E-state index in [2.05, 4.69) is 34.0 Å². The fourth-order valence-electron chi connectivity index (χ4n) is 3.56. The lowest BCUT2D eigenvalue weighted by molar-refractivity contribution is -0.0295. The van der Waals surface area contributed by atoms with Crippen LogP contribution in [0.5, 0.6) is 0 Å². The molecule has 1 atom stereocenters. The highest BCUT2D eigenvalue weighted by Crippen LogP contribution is 2.31. The molecule has 2 aromatic rings. The van der Waals surface area contributed by atoms with Crippen LogP contribution in [0.4, 0.5) is 0 Å². The fourth-order valence-corrected chi connectivity index (χ4v) is 4.76. The Kier molecular flexibility index (Phi) is 5.89.